The molecule has 1 unspecified atom stereocenters. The quantitative estimate of drug-likeness (QED) is 0.842. The Morgan fingerprint density at radius 3 is 2.83 bits per heavy atom. The molecule has 2 aliphatic heterocycles. The number of nitrogens with one attached hydrogen (secondary N) is 1. The fourth-order valence-corrected chi connectivity index (χ4v) is 3.31. The summed E-state index contributed by atoms with van der Waals surface area (Å²) in [6, 6.07) is 0. The van der Waals surface area contributed by atoms with Crippen LogP contribution in [0.4, 0.5) is 5.13 Å². The van der Waals surface area contributed by atoms with Crippen molar-refractivity contribution in [3.05, 3.63) is 11.6 Å². The third-order valence-electron chi connectivity index (χ3n) is 3.69. The number of rotatable bonds is 2. The summed E-state index contributed by atoms with van der Waals surface area (Å²) in [6.45, 7) is 5.30. The summed E-state index contributed by atoms with van der Waals surface area (Å²) in [5, 5.41) is 6.33. The van der Waals surface area contributed by atoms with Crippen LogP contribution in [0.2, 0.25) is 0 Å². The Morgan fingerprint density at radius 1 is 1.39 bits per heavy atom. The topological polar surface area (TPSA) is 48.5 Å². The van der Waals surface area contributed by atoms with Gasteiger partial charge in [0, 0.05) is 44.3 Å². The van der Waals surface area contributed by atoms with E-state index in [4.69, 9.17) is 0 Å². The molecule has 0 bridgehead atoms. The molecule has 6 heteroatoms. The van der Waals surface area contributed by atoms with E-state index in [1.807, 2.05) is 16.5 Å². The van der Waals surface area contributed by atoms with E-state index in [0.717, 1.165) is 50.8 Å². The molecule has 98 valence electrons. The molecule has 0 aromatic carbocycles. The molecular weight excluding hydrogens is 248 g/mol. The fraction of sp³-hybridized carbons (Fsp3) is 0.667. The van der Waals surface area contributed by atoms with Crippen LogP contribution in [-0.2, 0) is 4.79 Å². The summed E-state index contributed by atoms with van der Waals surface area (Å²) in [7, 11) is 0. The second kappa shape index (κ2) is 5.24. The van der Waals surface area contributed by atoms with Gasteiger partial charge in [-0.15, -0.1) is 11.3 Å². The molecule has 1 aromatic heterocycles. The molecule has 2 saturated heterocycles. The van der Waals surface area contributed by atoms with Crippen molar-refractivity contribution in [2.75, 3.05) is 44.2 Å². The van der Waals surface area contributed by atoms with Crippen molar-refractivity contribution in [3.63, 3.8) is 0 Å². The Hall–Kier alpha value is -1.14. The molecule has 1 atom stereocenters. The lowest BCUT2D eigenvalue weighted by molar-refractivity contribution is -0.135. The van der Waals surface area contributed by atoms with Crippen LogP contribution in [-0.4, -0.2) is 55.1 Å². The number of nitrogens with zero attached hydrogens (tertiary/aromatic N) is 3. The van der Waals surface area contributed by atoms with E-state index >= 15 is 0 Å². The molecule has 3 heterocycles. The second-order valence-corrected chi connectivity index (χ2v) is 5.69. The van der Waals surface area contributed by atoms with Gasteiger partial charge in [-0.05, 0) is 13.0 Å². The number of amides is 1. The van der Waals surface area contributed by atoms with Crippen LogP contribution >= 0.6 is 11.3 Å². The predicted octanol–water partition coefficient (Wildman–Crippen LogP) is 0.401. The largest absolute Gasteiger partial charge is 0.345 e. The van der Waals surface area contributed by atoms with Gasteiger partial charge in [0.05, 0.1) is 5.92 Å². The van der Waals surface area contributed by atoms with Crippen molar-refractivity contribution in [2.24, 2.45) is 5.92 Å². The lowest BCUT2D eigenvalue weighted by atomic mass is 10.1. The maximum Gasteiger partial charge on any atom is 0.227 e. The molecule has 0 saturated carbocycles. The normalized spacial score (nSPS) is 24.6. The monoisotopic (exact) mass is 266 g/mol. The van der Waals surface area contributed by atoms with Gasteiger partial charge in [0.1, 0.15) is 0 Å². The number of carbonyl (C=O) groups is 1. The molecule has 1 aromatic rings. The zero-order chi connectivity index (χ0) is 12.4. The number of piperazine rings is 1. The highest BCUT2D eigenvalue weighted by molar-refractivity contribution is 7.13. The molecule has 0 radical (unpaired) electrons. The van der Waals surface area contributed by atoms with Gasteiger partial charge in [0.25, 0.3) is 0 Å². The summed E-state index contributed by atoms with van der Waals surface area (Å²) >= 11 is 1.67. The SMILES string of the molecule is O=C(C1CCNC1)N1CCN(c2nccs2)CC1. The van der Waals surface area contributed by atoms with Gasteiger partial charge in [-0.25, -0.2) is 4.98 Å². The Bertz CT molecular complexity index is 394. The molecule has 2 fully saturated rings. The highest BCUT2D eigenvalue weighted by Gasteiger charge is 2.29. The summed E-state index contributed by atoms with van der Waals surface area (Å²) in [5.74, 6) is 0.537. The van der Waals surface area contributed by atoms with E-state index in [0.29, 0.717) is 5.91 Å². The first-order chi connectivity index (χ1) is 8.84. The lowest BCUT2D eigenvalue weighted by Crippen LogP contribution is -2.50. The Kier molecular flexibility index (Phi) is 3.47. The smallest absolute Gasteiger partial charge is 0.227 e. The van der Waals surface area contributed by atoms with Crippen LogP contribution < -0.4 is 10.2 Å². The average molecular weight is 266 g/mol. The summed E-state index contributed by atoms with van der Waals surface area (Å²) in [6.07, 6.45) is 2.83. The van der Waals surface area contributed by atoms with Gasteiger partial charge in [0.2, 0.25) is 5.91 Å². The van der Waals surface area contributed by atoms with E-state index in [2.05, 4.69) is 15.2 Å². The van der Waals surface area contributed by atoms with Crippen molar-refractivity contribution >= 4 is 22.4 Å². The van der Waals surface area contributed by atoms with Crippen LogP contribution in [0.1, 0.15) is 6.42 Å². The van der Waals surface area contributed by atoms with Crippen molar-refractivity contribution in [3.8, 4) is 0 Å². The fourth-order valence-electron chi connectivity index (χ4n) is 2.61. The number of hydrogen-bond donors (Lipinski definition) is 1. The lowest BCUT2D eigenvalue weighted by Gasteiger charge is -2.35. The molecule has 18 heavy (non-hydrogen) atoms. The van der Waals surface area contributed by atoms with Gasteiger partial charge in [-0.2, -0.15) is 0 Å². The van der Waals surface area contributed by atoms with Crippen molar-refractivity contribution < 1.29 is 4.79 Å². The zero-order valence-electron chi connectivity index (χ0n) is 10.3. The standard InChI is InChI=1S/C12H18N4OS/c17-11(10-1-2-13-9-10)15-4-6-16(7-5-15)12-14-3-8-18-12/h3,8,10,13H,1-2,4-7,9H2. The van der Waals surface area contributed by atoms with Gasteiger partial charge in [-0.3, -0.25) is 4.79 Å². The van der Waals surface area contributed by atoms with Crippen LogP contribution in [0, 0.1) is 5.92 Å². The Balaban J connectivity index is 1.55. The maximum atomic E-state index is 12.2. The van der Waals surface area contributed by atoms with Gasteiger partial charge in [0.15, 0.2) is 5.13 Å². The minimum atomic E-state index is 0.205. The van der Waals surface area contributed by atoms with Crippen LogP contribution in [0.3, 0.4) is 0 Å². The van der Waals surface area contributed by atoms with Crippen molar-refractivity contribution in [1.82, 2.24) is 15.2 Å². The third kappa shape index (κ3) is 2.35. The van der Waals surface area contributed by atoms with Gasteiger partial charge >= 0.3 is 0 Å². The zero-order valence-corrected chi connectivity index (χ0v) is 11.2. The van der Waals surface area contributed by atoms with Crippen LogP contribution in [0.5, 0.6) is 0 Å². The summed E-state index contributed by atoms with van der Waals surface area (Å²) < 4.78 is 0. The van der Waals surface area contributed by atoms with Crippen molar-refractivity contribution in [2.45, 2.75) is 6.42 Å². The van der Waals surface area contributed by atoms with E-state index in [9.17, 15) is 4.79 Å². The van der Waals surface area contributed by atoms with E-state index in [1.54, 1.807) is 11.3 Å². The van der Waals surface area contributed by atoms with Crippen LogP contribution in [0.15, 0.2) is 11.6 Å². The van der Waals surface area contributed by atoms with Gasteiger partial charge in [-0.1, -0.05) is 0 Å². The highest BCUT2D eigenvalue weighted by Crippen LogP contribution is 2.20. The number of anilines is 1. The molecule has 3 rings (SSSR count). The van der Waals surface area contributed by atoms with E-state index in [-0.39, 0.29) is 5.92 Å². The first-order valence-electron chi connectivity index (χ1n) is 6.48. The summed E-state index contributed by atoms with van der Waals surface area (Å²) in [4.78, 5) is 20.8. The second-order valence-electron chi connectivity index (χ2n) is 4.82. The summed E-state index contributed by atoms with van der Waals surface area (Å²) in [5.41, 5.74) is 0. The molecular formula is C12H18N4OS. The molecule has 0 aliphatic carbocycles. The maximum absolute atomic E-state index is 12.2. The van der Waals surface area contributed by atoms with E-state index in [1.165, 1.54) is 0 Å². The highest BCUT2D eigenvalue weighted by atomic mass is 32.1. The minimum Gasteiger partial charge on any atom is -0.345 e. The minimum absolute atomic E-state index is 0.205. The van der Waals surface area contributed by atoms with Crippen LogP contribution in [0.25, 0.3) is 0 Å². The van der Waals surface area contributed by atoms with Gasteiger partial charge < -0.3 is 15.1 Å². The molecule has 0 spiro atoms. The third-order valence-corrected chi connectivity index (χ3v) is 4.52. The predicted molar refractivity (Wildman–Crippen MR) is 71.9 cm³/mol. The molecule has 1 amide bonds. The average Bonchev–Trinajstić information content (AvgIpc) is 3.11. The number of hydrogen-bond acceptors (Lipinski definition) is 5. The Labute approximate surface area is 111 Å². The number of aromatic nitrogens is 1. The molecule has 2 aliphatic rings. The van der Waals surface area contributed by atoms with Crippen molar-refractivity contribution in [1.29, 1.82) is 0 Å². The molecule has 5 nitrogen and oxygen atoms in total. The number of thiazole rings is 1. The first-order valence-corrected chi connectivity index (χ1v) is 7.36. The van der Waals surface area contributed by atoms with E-state index < -0.39 is 0 Å². The first kappa shape index (κ1) is 11.9. The number of carbonyl (C=O) groups excluding carboxylic acids is 1. The molecule has 1 N–H and O–H groups in total. The Morgan fingerprint density at radius 2 is 2.22 bits per heavy atom.